The first-order valence-electron chi connectivity index (χ1n) is 19.8. The van der Waals surface area contributed by atoms with Gasteiger partial charge in [-0.1, -0.05) is 18.4 Å². The van der Waals surface area contributed by atoms with Crippen LogP contribution in [0.3, 0.4) is 0 Å². The second-order valence-corrected chi connectivity index (χ2v) is 16.5. The second-order valence-electron chi connectivity index (χ2n) is 16.5. The maximum absolute atomic E-state index is 17.4. The van der Waals surface area contributed by atoms with Gasteiger partial charge in [0.1, 0.15) is 22.8 Å². The van der Waals surface area contributed by atoms with Crippen molar-refractivity contribution in [3.05, 3.63) is 47.2 Å². The third-order valence-corrected chi connectivity index (χ3v) is 12.6. The lowest BCUT2D eigenvalue weighted by Gasteiger charge is -2.47. The maximum atomic E-state index is 17.4. The van der Waals surface area contributed by atoms with Crippen LogP contribution in [0, 0.1) is 35.3 Å². The Morgan fingerprint density at radius 2 is 1.88 bits per heavy atom. The first kappa shape index (κ1) is 38.7. The van der Waals surface area contributed by atoms with Crippen LogP contribution in [-0.4, -0.2) is 106 Å². The molecule has 8 rings (SSSR count). The van der Waals surface area contributed by atoms with Crippen molar-refractivity contribution >= 4 is 21.7 Å². The molecule has 3 saturated heterocycles. The van der Waals surface area contributed by atoms with Crippen molar-refractivity contribution in [2.24, 2.45) is 11.3 Å². The Hall–Kier alpha value is -4.19. The first-order valence-corrected chi connectivity index (χ1v) is 19.8. The molecule has 1 unspecified atom stereocenters. The number of hydrogen-bond donors (Lipinski definition) is 3. The molecule has 0 amide bonds. The highest BCUT2D eigenvalue weighted by molar-refractivity contribution is 6.03. The lowest BCUT2D eigenvalue weighted by atomic mass is 9.75. The van der Waals surface area contributed by atoms with Crippen LogP contribution in [0.4, 0.5) is 8.78 Å². The largest absolute Gasteiger partial charge is 0.508 e. The quantitative estimate of drug-likeness (QED) is 0.166. The van der Waals surface area contributed by atoms with Crippen molar-refractivity contribution < 1.29 is 43.0 Å². The van der Waals surface area contributed by atoms with Crippen LogP contribution in [0.25, 0.3) is 32.9 Å². The number of terminal acetylenes is 1. The molecule has 2 aromatic carbocycles. The molecule has 0 radical (unpaired) electrons. The second kappa shape index (κ2) is 15.6. The summed E-state index contributed by atoms with van der Waals surface area (Å²) in [7, 11) is 1.39. The zero-order valence-corrected chi connectivity index (χ0v) is 32.0. The molecular formula is C43H50F2N4O7. The van der Waals surface area contributed by atoms with Crippen molar-refractivity contribution in [1.82, 2.24) is 19.9 Å². The number of phenolic OH excluding ortho intramolecular Hbond substituents is 1. The molecular weight excluding hydrogens is 722 g/mol. The van der Waals surface area contributed by atoms with E-state index in [2.05, 4.69) is 15.8 Å². The van der Waals surface area contributed by atoms with E-state index in [9.17, 15) is 15.3 Å². The zero-order valence-electron chi connectivity index (χ0n) is 32.0. The molecule has 5 heterocycles. The summed E-state index contributed by atoms with van der Waals surface area (Å²) in [6.45, 7) is 5.39. The first-order chi connectivity index (χ1) is 27.0. The van der Waals surface area contributed by atoms with Gasteiger partial charge in [0.05, 0.1) is 55.3 Å². The van der Waals surface area contributed by atoms with Crippen LogP contribution in [-0.2, 0) is 9.47 Å². The Bertz CT molecular complexity index is 2160. The number of phenols is 1. The molecule has 2 aromatic heterocycles. The van der Waals surface area contributed by atoms with Crippen molar-refractivity contribution in [2.75, 3.05) is 53.2 Å². The number of aliphatic hydroxyl groups is 2. The molecule has 4 fully saturated rings. The van der Waals surface area contributed by atoms with Crippen LogP contribution in [0.15, 0.2) is 24.3 Å². The summed E-state index contributed by atoms with van der Waals surface area (Å²) in [6, 6.07) is 5.68. The number of fused-ring (bicyclic) bond motifs is 3. The minimum atomic E-state index is -1.30. The average Bonchev–Trinajstić information content (AvgIpc) is 3.56. The van der Waals surface area contributed by atoms with Gasteiger partial charge in [-0.15, -0.1) is 6.42 Å². The molecule has 4 aliphatic rings. The van der Waals surface area contributed by atoms with Gasteiger partial charge in [0, 0.05) is 48.1 Å². The Morgan fingerprint density at radius 3 is 2.64 bits per heavy atom. The molecule has 0 spiro atoms. The van der Waals surface area contributed by atoms with Gasteiger partial charge in [0.2, 0.25) is 5.88 Å². The van der Waals surface area contributed by atoms with E-state index in [4.69, 9.17) is 35.3 Å². The van der Waals surface area contributed by atoms with Crippen molar-refractivity contribution in [1.29, 1.82) is 0 Å². The fourth-order valence-corrected chi connectivity index (χ4v) is 9.98. The summed E-state index contributed by atoms with van der Waals surface area (Å²) >= 11 is 0. The monoisotopic (exact) mass is 772 g/mol. The fourth-order valence-electron chi connectivity index (χ4n) is 9.98. The summed E-state index contributed by atoms with van der Waals surface area (Å²) < 4.78 is 56.5. The van der Waals surface area contributed by atoms with E-state index in [0.29, 0.717) is 29.6 Å². The van der Waals surface area contributed by atoms with E-state index in [1.165, 1.54) is 31.4 Å². The summed E-state index contributed by atoms with van der Waals surface area (Å²) in [5.74, 6) is 0.655. The third-order valence-electron chi connectivity index (χ3n) is 12.6. The Kier molecular flexibility index (Phi) is 10.8. The van der Waals surface area contributed by atoms with E-state index in [1.54, 1.807) is 6.92 Å². The number of nitrogens with zero attached hydrogens (tertiary/aromatic N) is 4. The molecule has 1 aliphatic carbocycles. The Balaban J connectivity index is 1.26. The smallest absolute Gasteiger partial charge is 0.317 e. The number of aromatic nitrogens is 3. The highest BCUT2D eigenvalue weighted by Crippen LogP contribution is 2.49. The number of likely N-dealkylation sites (tertiary alicyclic amines) is 1. The van der Waals surface area contributed by atoms with Gasteiger partial charge in [-0.2, -0.15) is 9.97 Å². The lowest BCUT2D eigenvalue weighted by molar-refractivity contribution is -0.0614. The molecule has 0 bridgehead atoms. The zero-order chi connectivity index (χ0) is 39.2. The number of halogens is 2. The van der Waals surface area contributed by atoms with E-state index in [1.807, 2.05) is 0 Å². The van der Waals surface area contributed by atoms with Gasteiger partial charge in [0.25, 0.3) is 0 Å². The number of methoxy groups -OCH3 is 1. The predicted octanol–water partition coefficient (Wildman–Crippen LogP) is 6.26. The number of rotatable bonds is 9. The van der Waals surface area contributed by atoms with E-state index < -0.39 is 29.3 Å². The van der Waals surface area contributed by atoms with Crippen LogP contribution < -0.4 is 9.47 Å². The molecule has 11 nitrogen and oxygen atoms in total. The Labute approximate surface area is 325 Å². The number of aliphatic hydroxyl groups excluding tert-OH is 1. The lowest BCUT2D eigenvalue weighted by Crippen LogP contribution is -2.53. The average molecular weight is 773 g/mol. The SMILES string of the molecule is C#Cc1c(F)ccc2cc(O)cc(-c3nc(OC)c4c(C5C[C@H](CO)OC[C@@](C)(O)C5)nc(OC[C@]56CCC[C@H]5N(CC5CCOCC5)CCC6)nc4c3F)c12. The van der Waals surface area contributed by atoms with Crippen LogP contribution in [0.1, 0.15) is 81.9 Å². The number of hydrogen-bond acceptors (Lipinski definition) is 11. The Morgan fingerprint density at radius 1 is 1.07 bits per heavy atom. The van der Waals surface area contributed by atoms with Gasteiger partial charge in [0.15, 0.2) is 5.82 Å². The number of pyridine rings is 1. The van der Waals surface area contributed by atoms with E-state index >= 15 is 8.78 Å². The summed E-state index contributed by atoms with van der Waals surface area (Å²) in [5, 5.41) is 33.1. The molecule has 5 atom stereocenters. The highest BCUT2D eigenvalue weighted by atomic mass is 19.1. The number of benzene rings is 2. The van der Waals surface area contributed by atoms with Gasteiger partial charge in [-0.3, -0.25) is 4.90 Å². The van der Waals surface area contributed by atoms with Gasteiger partial charge >= 0.3 is 6.01 Å². The van der Waals surface area contributed by atoms with Gasteiger partial charge < -0.3 is 34.3 Å². The number of ether oxygens (including phenoxy) is 4. The summed E-state index contributed by atoms with van der Waals surface area (Å²) in [5.41, 5.74) is -1.55. The van der Waals surface area contributed by atoms with Crippen molar-refractivity contribution in [2.45, 2.75) is 88.4 Å². The summed E-state index contributed by atoms with van der Waals surface area (Å²) in [4.78, 5) is 16.9. The van der Waals surface area contributed by atoms with Crippen LogP contribution in [0.2, 0.25) is 0 Å². The van der Waals surface area contributed by atoms with Crippen LogP contribution >= 0.6 is 0 Å². The number of aromatic hydroxyl groups is 1. The fraction of sp³-hybridized carbons (Fsp3) is 0.558. The normalized spacial score (nSPS) is 27.6. The van der Waals surface area contributed by atoms with Crippen molar-refractivity contribution in [3.63, 3.8) is 0 Å². The van der Waals surface area contributed by atoms with E-state index in [0.717, 1.165) is 71.2 Å². The molecule has 298 valence electrons. The van der Waals surface area contributed by atoms with E-state index in [-0.39, 0.29) is 82.2 Å². The minimum Gasteiger partial charge on any atom is -0.508 e. The molecule has 4 aromatic rings. The molecule has 13 heteroatoms. The summed E-state index contributed by atoms with van der Waals surface area (Å²) in [6.07, 6.45) is 12.9. The molecule has 3 aliphatic heterocycles. The molecule has 3 N–H and O–H groups in total. The standard InChI is InChI=1S/C43H50F2N4O7/c1-4-30-32(44)9-8-26-17-28(51)19-31(34(26)30)38-36(45)39-35(40(46-38)53-3)37(27-18-29(22-50)55-23-42(2,52)20-27)47-41(48-39)56-24-43-12-5-7-33(43)49(14-6-13-43)21-25-10-15-54-16-11-25/h1,8-9,17,19,25,27,29,33,50-52H,5-7,10-16,18,20-24H2,2-3H3/t27?,29-,33-,42+,43-/m1/s1. The van der Waals surface area contributed by atoms with Gasteiger partial charge in [-0.05, 0) is 94.3 Å². The molecule has 1 saturated carbocycles. The van der Waals surface area contributed by atoms with Crippen molar-refractivity contribution in [3.8, 4) is 41.2 Å². The van der Waals surface area contributed by atoms with Crippen LogP contribution in [0.5, 0.6) is 17.6 Å². The molecule has 56 heavy (non-hydrogen) atoms. The maximum Gasteiger partial charge on any atom is 0.317 e. The topological polar surface area (TPSA) is 140 Å². The third kappa shape index (κ3) is 7.26. The number of piperidine rings is 1. The van der Waals surface area contributed by atoms with Gasteiger partial charge in [-0.25, -0.2) is 13.8 Å². The highest BCUT2D eigenvalue weighted by Gasteiger charge is 2.49. The minimum absolute atomic E-state index is 0.0120. The predicted molar refractivity (Wildman–Crippen MR) is 206 cm³/mol.